The van der Waals surface area contributed by atoms with E-state index in [9.17, 15) is 14.7 Å². The molecule has 1 heterocycles. The molecule has 1 fully saturated rings. The van der Waals surface area contributed by atoms with Crippen molar-refractivity contribution in [3.63, 3.8) is 0 Å². The number of ether oxygens (including phenoxy) is 2. The maximum atomic E-state index is 13.1. The molecule has 3 rings (SSSR count). The summed E-state index contributed by atoms with van der Waals surface area (Å²) in [6, 6.07) is 12.3. The molecule has 1 aliphatic heterocycles. The molecular weight excluding hydrogens is 406 g/mol. The SMILES string of the molecule is COCCCN1C(=O)C(=O)/C(=C(\O)c2ccc(OC)c(C(C)C)c2)C1c1cccc(C)c1. The number of nitrogens with zero attached hydrogens (tertiary/aromatic N) is 1. The van der Waals surface area contributed by atoms with Gasteiger partial charge in [-0.25, -0.2) is 0 Å². The largest absolute Gasteiger partial charge is 0.507 e. The number of aryl methyl sites for hydroxylation is 1. The Hall–Kier alpha value is -3.12. The van der Waals surface area contributed by atoms with Gasteiger partial charge in [0, 0.05) is 25.8 Å². The third-order valence-electron chi connectivity index (χ3n) is 5.77. The number of amides is 1. The predicted molar refractivity (Wildman–Crippen MR) is 124 cm³/mol. The molecule has 2 aromatic rings. The standard InChI is InChI=1S/C26H31NO5/c1-16(2)20-15-19(10-11-21(20)32-5)24(28)22-23(18-9-6-8-17(3)14-18)27(12-7-13-31-4)26(30)25(22)29/h6,8-11,14-16,23,28H,7,12-13H2,1-5H3/b24-22-. The fraction of sp³-hybridized carbons (Fsp3) is 0.385. The Bertz CT molecular complexity index is 1040. The lowest BCUT2D eigenvalue weighted by Gasteiger charge is -2.25. The summed E-state index contributed by atoms with van der Waals surface area (Å²) in [5.74, 6) is -0.581. The number of benzene rings is 2. The van der Waals surface area contributed by atoms with Crippen molar-refractivity contribution in [2.75, 3.05) is 27.4 Å². The zero-order valence-corrected chi connectivity index (χ0v) is 19.3. The van der Waals surface area contributed by atoms with Crippen LogP contribution < -0.4 is 4.74 Å². The quantitative estimate of drug-likeness (QED) is 0.283. The van der Waals surface area contributed by atoms with E-state index in [1.54, 1.807) is 26.4 Å². The first-order valence-electron chi connectivity index (χ1n) is 10.8. The molecule has 1 atom stereocenters. The first kappa shape index (κ1) is 23.5. The Morgan fingerprint density at radius 1 is 1.12 bits per heavy atom. The summed E-state index contributed by atoms with van der Waals surface area (Å²) >= 11 is 0. The highest BCUT2D eigenvalue weighted by Crippen LogP contribution is 2.40. The lowest BCUT2D eigenvalue weighted by molar-refractivity contribution is -0.140. The average molecular weight is 438 g/mol. The van der Waals surface area contributed by atoms with Crippen molar-refractivity contribution < 1.29 is 24.2 Å². The van der Waals surface area contributed by atoms with Gasteiger partial charge in [-0.15, -0.1) is 0 Å². The van der Waals surface area contributed by atoms with Gasteiger partial charge in [-0.1, -0.05) is 43.7 Å². The van der Waals surface area contributed by atoms with E-state index in [2.05, 4.69) is 0 Å². The third-order valence-corrected chi connectivity index (χ3v) is 5.77. The predicted octanol–water partition coefficient (Wildman–Crippen LogP) is 4.59. The minimum absolute atomic E-state index is 0.109. The van der Waals surface area contributed by atoms with Crippen LogP contribution in [0, 0.1) is 6.92 Å². The fourth-order valence-corrected chi connectivity index (χ4v) is 4.16. The summed E-state index contributed by atoms with van der Waals surface area (Å²) in [7, 11) is 3.20. The molecule has 0 aromatic heterocycles. The summed E-state index contributed by atoms with van der Waals surface area (Å²) in [5, 5.41) is 11.3. The van der Waals surface area contributed by atoms with Crippen LogP contribution in [-0.2, 0) is 14.3 Å². The second kappa shape index (κ2) is 10.0. The summed E-state index contributed by atoms with van der Waals surface area (Å²) in [6.45, 7) is 6.85. The number of rotatable bonds is 8. The zero-order chi connectivity index (χ0) is 23.4. The number of carbonyl (C=O) groups is 2. The van der Waals surface area contributed by atoms with Crippen LogP contribution in [-0.4, -0.2) is 49.1 Å². The Morgan fingerprint density at radius 2 is 1.88 bits per heavy atom. The van der Waals surface area contributed by atoms with Crippen LogP contribution in [0.15, 0.2) is 48.0 Å². The van der Waals surface area contributed by atoms with E-state index in [4.69, 9.17) is 9.47 Å². The molecule has 0 aliphatic carbocycles. The second-order valence-corrected chi connectivity index (χ2v) is 8.36. The number of methoxy groups -OCH3 is 2. The van der Waals surface area contributed by atoms with Crippen LogP contribution in [0.1, 0.15) is 54.5 Å². The molecule has 0 saturated carbocycles. The van der Waals surface area contributed by atoms with Gasteiger partial charge in [0.15, 0.2) is 0 Å². The Kier molecular flexibility index (Phi) is 7.36. The van der Waals surface area contributed by atoms with E-state index in [0.717, 1.165) is 16.7 Å². The topological polar surface area (TPSA) is 76.1 Å². The molecule has 1 amide bonds. The average Bonchev–Trinajstić information content (AvgIpc) is 3.03. The van der Waals surface area contributed by atoms with E-state index in [1.165, 1.54) is 4.90 Å². The maximum absolute atomic E-state index is 13.1. The molecule has 6 nitrogen and oxygen atoms in total. The molecule has 2 aromatic carbocycles. The molecular formula is C26H31NO5. The van der Waals surface area contributed by atoms with Crippen LogP contribution in [0.5, 0.6) is 5.75 Å². The molecule has 0 bridgehead atoms. The fourth-order valence-electron chi connectivity index (χ4n) is 4.16. The summed E-state index contributed by atoms with van der Waals surface area (Å²) in [5.41, 5.74) is 3.31. The van der Waals surface area contributed by atoms with Gasteiger partial charge in [-0.3, -0.25) is 9.59 Å². The minimum atomic E-state index is -0.673. The normalized spacial score (nSPS) is 17.9. The van der Waals surface area contributed by atoms with Crippen molar-refractivity contribution in [2.45, 2.75) is 39.2 Å². The number of hydrogen-bond donors (Lipinski definition) is 1. The number of likely N-dealkylation sites (tertiary alicyclic amines) is 1. The van der Waals surface area contributed by atoms with Crippen molar-refractivity contribution in [1.29, 1.82) is 0 Å². The van der Waals surface area contributed by atoms with Gasteiger partial charge in [0.2, 0.25) is 0 Å². The highest BCUT2D eigenvalue weighted by molar-refractivity contribution is 6.46. The van der Waals surface area contributed by atoms with Crippen molar-refractivity contribution >= 4 is 17.4 Å². The number of carbonyl (C=O) groups excluding carboxylic acids is 2. The van der Waals surface area contributed by atoms with Crippen LogP contribution in [0.4, 0.5) is 0 Å². The number of ketones is 1. The Labute approximate surface area is 189 Å². The lowest BCUT2D eigenvalue weighted by atomic mass is 9.92. The molecule has 1 saturated heterocycles. The van der Waals surface area contributed by atoms with Gasteiger partial charge < -0.3 is 19.5 Å². The third kappa shape index (κ3) is 4.55. The maximum Gasteiger partial charge on any atom is 0.295 e. The molecule has 1 N–H and O–H groups in total. The highest BCUT2D eigenvalue weighted by atomic mass is 16.5. The summed E-state index contributed by atoms with van der Waals surface area (Å²) < 4.78 is 10.6. The van der Waals surface area contributed by atoms with Crippen molar-refractivity contribution in [3.8, 4) is 5.75 Å². The number of aliphatic hydroxyl groups excluding tert-OH is 1. The van der Waals surface area contributed by atoms with Gasteiger partial charge in [-0.05, 0) is 48.6 Å². The first-order chi connectivity index (χ1) is 15.3. The minimum Gasteiger partial charge on any atom is -0.507 e. The van der Waals surface area contributed by atoms with Gasteiger partial charge in [-0.2, -0.15) is 0 Å². The molecule has 32 heavy (non-hydrogen) atoms. The summed E-state index contributed by atoms with van der Waals surface area (Å²) in [4.78, 5) is 27.6. The Balaban J connectivity index is 2.16. The monoisotopic (exact) mass is 437 g/mol. The van der Waals surface area contributed by atoms with Gasteiger partial charge in [0.05, 0.1) is 18.7 Å². The molecule has 0 radical (unpaired) electrons. The number of Topliss-reactive ketones (excluding diaryl/α,β-unsaturated/α-hetero) is 1. The van der Waals surface area contributed by atoms with Crippen molar-refractivity contribution in [1.82, 2.24) is 4.90 Å². The smallest absolute Gasteiger partial charge is 0.295 e. The van der Waals surface area contributed by atoms with Gasteiger partial charge in [0.25, 0.3) is 11.7 Å². The van der Waals surface area contributed by atoms with E-state index in [-0.39, 0.29) is 17.3 Å². The van der Waals surface area contributed by atoms with Crippen LogP contribution in [0.2, 0.25) is 0 Å². The molecule has 0 spiro atoms. The van der Waals surface area contributed by atoms with Crippen LogP contribution >= 0.6 is 0 Å². The first-order valence-corrected chi connectivity index (χ1v) is 10.8. The second-order valence-electron chi connectivity index (χ2n) is 8.36. The van der Waals surface area contributed by atoms with Gasteiger partial charge >= 0.3 is 0 Å². The Morgan fingerprint density at radius 3 is 2.50 bits per heavy atom. The van der Waals surface area contributed by atoms with E-state index < -0.39 is 17.7 Å². The van der Waals surface area contributed by atoms with Gasteiger partial charge in [0.1, 0.15) is 11.5 Å². The van der Waals surface area contributed by atoms with Crippen molar-refractivity contribution in [2.24, 2.45) is 0 Å². The molecule has 6 heteroatoms. The summed E-state index contributed by atoms with van der Waals surface area (Å²) in [6.07, 6.45) is 0.589. The van der Waals surface area contributed by atoms with Crippen molar-refractivity contribution in [3.05, 3.63) is 70.3 Å². The van der Waals surface area contributed by atoms with E-state index >= 15 is 0 Å². The molecule has 1 aliphatic rings. The molecule has 170 valence electrons. The zero-order valence-electron chi connectivity index (χ0n) is 19.3. The molecule has 1 unspecified atom stereocenters. The highest BCUT2D eigenvalue weighted by Gasteiger charge is 2.45. The number of hydrogen-bond acceptors (Lipinski definition) is 5. The number of aliphatic hydroxyl groups is 1. The lowest BCUT2D eigenvalue weighted by Crippen LogP contribution is -2.31. The van der Waals surface area contributed by atoms with Crippen LogP contribution in [0.25, 0.3) is 5.76 Å². The van der Waals surface area contributed by atoms with Crippen LogP contribution in [0.3, 0.4) is 0 Å². The van der Waals surface area contributed by atoms with E-state index in [1.807, 2.05) is 51.1 Å². The van der Waals surface area contributed by atoms with E-state index in [0.29, 0.717) is 30.9 Å².